The Kier molecular flexibility index (Phi) is 8.36. The number of aliphatic carboxylic acids is 1. The molecule has 34 heavy (non-hydrogen) atoms. The first kappa shape index (κ1) is 24.5. The molecule has 7 N–H and O–H groups in total. The Labute approximate surface area is 196 Å². The van der Waals surface area contributed by atoms with Gasteiger partial charge in [0.1, 0.15) is 17.8 Å². The molecule has 0 radical (unpaired) electrons. The van der Waals surface area contributed by atoms with E-state index in [4.69, 9.17) is 5.73 Å². The number of nitrogens with two attached hydrogens (primary N) is 1. The molecular weight excluding hydrogens is 438 g/mol. The van der Waals surface area contributed by atoms with E-state index in [2.05, 4.69) is 20.6 Å². The van der Waals surface area contributed by atoms with Gasteiger partial charge in [0.05, 0.1) is 12.4 Å². The molecule has 0 aliphatic heterocycles. The standard InChI is InChI=1S/C24H27N5O5/c25-19(10-15-4-2-1-3-5-15)22(31)28-20(11-16-6-8-18(30)9-7-16)23(32)29-21(24(33)34)12-17-13-26-14-27-17/h1-9,13-14,19-21,30H,10-12,25H2,(H,26,27)(H,28,31)(H,29,32)(H,33,34)/t19-,20-,21-/m0/s1. The number of amides is 2. The van der Waals surface area contributed by atoms with Crippen LogP contribution in [0.1, 0.15) is 16.8 Å². The summed E-state index contributed by atoms with van der Waals surface area (Å²) in [5.41, 5.74) is 8.14. The topological polar surface area (TPSA) is 170 Å². The molecule has 0 saturated heterocycles. The molecule has 1 aromatic heterocycles. The first-order valence-corrected chi connectivity index (χ1v) is 10.7. The number of carboxylic acid groups (broad SMARTS) is 1. The lowest BCUT2D eigenvalue weighted by Gasteiger charge is -2.23. The van der Waals surface area contributed by atoms with Crippen molar-refractivity contribution < 1.29 is 24.6 Å². The van der Waals surface area contributed by atoms with Crippen LogP contribution >= 0.6 is 0 Å². The summed E-state index contributed by atoms with van der Waals surface area (Å²) < 4.78 is 0. The van der Waals surface area contributed by atoms with Gasteiger partial charge in [-0.1, -0.05) is 42.5 Å². The molecular formula is C24H27N5O5. The third-order valence-corrected chi connectivity index (χ3v) is 5.24. The Balaban J connectivity index is 1.73. The number of carboxylic acids is 1. The SMILES string of the molecule is N[C@@H](Cc1ccccc1)C(=O)N[C@@H](Cc1ccc(O)cc1)C(=O)N[C@@H](Cc1cnc[nH]1)C(=O)O. The molecule has 0 fully saturated rings. The molecule has 0 saturated carbocycles. The molecule has 3 aromatic rings. The quantitative estimate of drug-likeness (QED) is 0.240. The maximum absolute atomic E-state index is 13.1. The van der Waals surface area contributed by atoms with Crippen LogP contribution in [0.25, 0.3) is 0 Å². The summed E-state index contributed by atoms with van der Waals surface area (Å²) in [6.45, 7) is 0. The van der Waals surface area contributed by atoms with Crippen LogP contribution in [-0.2, 0) is 33.6 Å². The van der Waals surface area contributed by atoms with Crippen molar-refractivity contribution in [3.8, 4) is 5.75 Å². The maximum Gasteiger partial charge on any atom is 0.326 e. The van der Waals surface area contributed by atoms with Gasteiger partial charge in [-0.2, -0.15) is 0 Å². The van der Waals surface area contributed by atoms with E-state index in [0.29, 0.717) is 11.3 Å². The van der Waals surface area contributed by atoms with Crippen molar-refractivity contribution in [1.29, 1.82) is 0 Å². The zero-order valence-corrected chi connectivity index (χ0v) is 18.3. The molecule has 2 amide bonds. The Hall–Kier alpha value is -4.18. The van der Waals surface area contributed by atoms with Gasteiger partial charge < -0.3 is 31.6 Å². The fourth-order valence-corrected chi connectivity index (χ4v) is 3.41. The summed E-state index contributed by atoms with van der Waals surface area (Å²) in [6.07, 6.45) is 3.23. The lowest BCUT2D eigenvalue weighted by atomic mass is 10.0. The van der Waals surface area contributed by atoms with Crippen LogP contribution in [0.15, 0.2) is 67.1 Å². The molecule has 3 atom stereocenters. The summed E-state index contributed by atoms with van der Waals surface area (Å²) in [6, 6.07) is 12.2. The Bertz CT molecular complexity index is 1090. The third-order valence-electron chi connectivity index (χ3n) is 5.24. The highest BCUT2D eigenvalue weighted by atomic mass is 16.4. The second kappa shape index (κ2) is 11.6. The van der Waals surface area contributed by atoms with Crippen molar-refractivity contribution in [2.24, 2.45) is 5.73 Å². The van der Waals surface area contributed by atoms with Crippen molar-refractivity contribution in [2.75, 3.05) is 0 Å². The summed E-state index contributed by atoms with van der Waals surface area (Å²) in [4.78, 5) is 44.3. The molecule has 178 valence electrons. The van der Waals surface area contributed by atoms with Crippen LogP contribution in [0.5, 0.6) is 5.75 Å². The van der Waals surface area contributed by atoms with E-state index in [9.17, 15) is 24.6 Å². The van der Waals surface area contributed by atoms with Gasteiger partial charge in [0.15, 0.2) is 0 Å². The van der Waals surface area contributed by atoms with Crippen molar-refractivity contribution in [3.63, 3.8) is 0 Å². The van der Waals surface area contributed by atoms with Gasteiger partial charge in [0.25, 0.3) is 0 Å². The second-order valence-electron chi connectivity index (χ2n) is 7.91. The van der Waals surface area contributed by atoms with E-state index in [-0.39, 0.29) is 25.0 Å². The van der Waals surface area contributed by atoms with E-state index in [1.807, 2.05) is 30.3 Å². The van der Waals surface area contributed by atoms with Crippen molar-refractivity contribution in [3.05, 3.63) is 83.9 Å². The van der Waals surface area contributed by atoms with Gasteiger partial charge in [-0.15, -0.1) is 0 Å². The normalized spacial score (nSPS) is 13.4. The van der Waals surface area contributed by atoms with Crippen LogP contribution < -0.4 is 16.4 Å². The summed E-state index contributed by atoms with van der Waals surface area (Å²) in [5, 5.41) is 24.2. The smallest absolute Gasteiger partial charge is 0.326 e. The number of hydrogen-bond donors (Lipinski definition) is 6. The number of rotatable bonds is 11. The summed E-state index contributed by atoms with van der Waals surface area (Å²) in [5.74, 6) is -2.37. The van der Waals surface area contributed by atoms with Gasteiger partial charge in [-0.25, -0.2) is 9.78 Å². The highest BCUT2D eigenvalue weighted by molar-refractivity contribution is 5.92. The average Bonchev–Trinajstić information content (AvgIpc) is 3.33. The lowest BCUT2D eigenvalue weighted by Crippen LogP contribution is -2.55. The minimum atomic E-state index is -1.23. The minimum absolute atomic E-state index is 0.00549. The number of carbonyl (C=O) groups excluding carboxylic acids is 2. The third kappa shape index (κ3) is 7.17. The molecule has 0 aliphatic carbocycles. The van der Waals surface area contributed by atoms with Crippen molar-refractivity contribution in [2.45, 2.75) is 37.4 Å². The Morgan fingerprint density at radius 2 is 1.53 bits per heavy atom. The molecule has 0 aliphatic rings. The number of nitrogens with one attached hydrogen (secondary N) is 3. The molecule has 3 rings (SSSR count). The molecule has 10 nitrogen and oxygen atoms in total. The Morgan fingerprint density at radius 1 is 0.882 bits per heavy atom. The van der Waals surface area contributed by atoms with E-state index < -0.39 is 35.9 Å². The van der Waals surface area contributed by atoms with Crippen LogP contribution in [0.4, 0.5) is 0 Å². The fraction of sp³-hybridized carbons (Fsp3) is 0.250. The molecule has 10 heteroatoms. The zero-order chi connectivity index (χ0) is 24.5. The number of nitrogens with zero attached hydrogens (tertiary/aromatic N) is 1. The summed E-state index contributed by atoms with van der Waals surface area (Å²) in [7, 11) is 0. The van der Waals surface area contributed by atoms with Crippen LogP contribution in [-0.4, -0.2) is 56.1 Å². The van der Waals surface area contributed by atoms with Gasteiger partial charge in [-0.05, 0) is 29.7 Å². The molecule has 2 aromatic carbocycles. The van der Waals surface area contributed by atoms with E-state index in [0.717, 1.165) is 5.56 Å². The average molecular weight is 466 g/mol. The zero-order valence-electron chi connectivity index (χ0n) is 18.3. The number of imidazole rings is 1. The maximum atomic E-state index is 13.1. The minimum Gasteiger partial charge on any atom is -0.508 e. The van der Waals surface area contributed by atoms with Crippen LogP contribution in [0.3, 0.4) is 0 Å². The Morgan fingerprint density at radius 3 is 2.15 bits per heavy atom. The largest absolute Gasteiger partial charge is 0.508 e. The molecule has 1 heterocycles. The van der Waals surface area contributed by atoms with Gasteiger partial charge in [-0.3, -0.25) is 9.59 Å². The molecule has 0 bridgehead atoms. The number of aromatic amines is 1. The lowest BCUT2D eigenvalue weighted by molar-refractivity contribution is -0.142. The predicted octanol–water partition coefficient (Wildman–Crippen LogP) is 0.525. The predicted molar refractivity (Wildman–Crippen MR) is 124 cm³/mol. The van der Waals surface area contributed by atoms with Crippen LogP contribution in [0, 0.1) is 0 Å². The first-order valence-electron chi connectivity index (χ1n) is 10.7. The number of aromatic nitrogens is 2. The fourth-order valence-electron chi connectivity index (χ4n) is 3.41. The number of phenolic OH excluding ortho intramolecular Hbond substituents is 1. The van der Waals surface area contributed by atoms with Gasteiger partial charge >= 0.3 is 5.97 Å². The number of aromatic hydroxyl groups is 1. The first-order chi connectivity index (χ1) is 16.3. The number of benzene rings is 2. The van der Waals surface area contributed by atoms with Gasteiger partial charge in [0.2, 0.25) is 11.8 Å². The van der Waals surface area contributed by atoms with E-state index in [1.165, 1.54) is 24.7 Å². The second-order valence-corrected chi connectivity index (χ2v) is 7.91. The number of H-pyrrole nitrogens is 1. The van der Waals surface area contributed by atoms with Crippen molar-refractivity contribution in [1.82, 2.24) is 20.6 Å². The number of hydrogen-bond acceptors (Lipinski definition) is 6. The number of phenols is 1. The van der Waals surface area contributed by atoms with Crippen LogP contribution in [0.2, 0.25) is 0 Å². The van der Waals surface area contributed by atoms with Crippen molar-refractivity contribution >= 4 is 17.8 Å². The van der Waals surface area contributed by atoms with E-state index in [1.54, 1.807) is 12.1 Å². The molecule has 0 spiro atoms. The van der Waals surface area contributed by atoms with Gasteiger partial charge in [0, 0.05) is 24.7 Å². The summed E-state index contributed by atoms with van der Waals surface area (Å²) >= 11 is 0. The monoisotopic (exact) mass is 465 g/mol. The van der Waals surface area contributed by atoms with E-state index >= 15 is 0 Å². The number of carbonyl (C=O) groups is 3. The highest BCUT2D eigenvalue weighted by Gasteiger charge is 2.28. The highest BCUT2D eigenvalue weighted by Crippen LogP contribution is 2.12. The molecule has 0 unspecified atom stereocenters.